The van der Waals surface area contributed by atoms with Crippen molar-refractivity contribution in [2.24, 2.45) is 0 Å². The highest BCUT2D eigenvalue weighted by molar-refractivity contribution is 6.61. The van der Waals surface area contributed by atoms with Gasteiger partial charge in [-0.15, -0.1) is 0 Å². The molecule has 0 amide bonds. The van der Waals surface area contributed by atoms with Crippen molar-refractivity contribution in [3.8, 4) is 0 Å². The second-order valence-corrected chi connectivity index (χ2v) is 7.96. The lowest BCUT2D eigenvalue weighted by Crippen LogP contribution is -2.41. The zero-order valence-corrected chi connectivity index (χ0v) is 15.1. The molecule has 0 aromatic carbocycles. The molecule has 0 aliphatic carbocycles. The van der Waals surface area contributed by atoms with Crippen LogP contribution in [0.4, 0.5) is 13.2 Å². The standard InChI is InChI=1S/C16H25BF3N3O2/c1-14(2)15(3,4)25-17(24-14)12-9-21-23(10-12)13-5-7-22(8-6-13)11-16(18,19)20/h9-10,13H,5-8,11H2,1-4H3. The summed E-state index contributed by atoms with van der Waals surface area (Å²) in [7, 11) is -0.468. The number of aromatic nitrogens is 2. The summed E-state index contributed by atoms with van der Waals surface area (Å²) in [5.74, 6) is 0. The minimum absolute atomic E-state index is 0.112. The van der Waals surface area contributed by atoms with Crippen LogP contribution in [-0.4, -0.2) is 58.8 Å². The number of piperidine rings is 1. The van der Waals surface area contributed by atoms with Crippen LogP contribution in [0.1, 0.15) is 46.6 Å². The second kappa shape index (κ2) is 6.28. The van der Waals surface area contributed by atoms with Crippen molar-refractivity contribution in [2.45, 2.75) is 64.0 Å². The highest BCUT2D eigenvalue weighted by atomic mass is 19.4. The number of alkyl halides is 3. The predicted octanol–water partition coefficient (Wildman–Crippen LogP) is 2.38. The number of hydrogen-bond acceptors (Lipinski definition) is 4. The van der Waals surface area contributed by atoms with Crippen LogP contribution < -0.4 is 5.46 Å². The van der Waals surface area contributed by atoms with Gasteiger partial charge in [0.25, 0.3) is 0 Å². The lowest BCUT2D eigenvalue weighted by molar-refractivity contribution is -0.148. The molecule has 2 saturated heterocycles. The van der Waals surface area contributed by atoms with Gasteiger partial charge in [0.05, 0.1) is 23.8 Å². The Morgan fingerprint density at radius 2 is 1.72 bits per heavy atom. The van der Waals surface area contributed by atoms with E-state index in [-0.39, 0.29) is 6.04 Å². The summed E-state index contributed by atoms with van der Waals surface area (Å²) in [5.41, 5.74) is 0.0159. The molecule has 2 aliphatic rings. The quantitative estimate of drug-likeness (QED) is 0.777. The Hall–Kier alpha value is -1.06. The van der Waals surface area contributed by atoms with Crippen molar-refractivity contribution in [1.82, 2.24) is 14.7 Å². The van der Waals surface area contributed by atoms with E-state index in [4.69, 9.17) is 9.31 Å². The zero-order chi connectivity index (χ0) is 18.5. The van der Waals surface area contributed by atoms with Crippen LogP contribution in [-0.2, 0) is 9.31 Å². The third-order valence-corrected chi connectivity index (χ3v) is 5.48. The first-order valence-corrected chi connectivity index (χ1v) is 8.66. The minimum Gasteiger partial charge on any atom is -0.399 e. The molecular weight excluding hydrogens is 334 g/mol. The van der Waals surface area contributed by atoms with Gasteiger partial charge in [-0.1, -0.05) is 0 Å². The first-order chi connectivity index (χ1) is 11.5. The molecule has 5 nitrogen and oxygen atoms in total. The summed E-state index contributed by atoms with van der Waals surface area (Å²) >= 11 is 0. The van der Waals surface area contributed by atoms with Crippen LogP contribution >= 0.6 is 0 Å². The van der Waals surface area contributed by atoms with Gasteiger partial charge < -0.3 is 9.31 Å². The molecule has 2 aliphatic heterocycles. The van der Waals surface area contributed by atoms with E-state index >= 15 is 0 Å². The number of halogens is 3. The molecular formula is C16H25BF3N3O2. The van der Waals surface area contributed by atoms with E-state index in [1.165, 1.54) is 4.90 Å². The van der Waals surface area contributed by atoms with Crippen LogP contribution in [0, 0.1) is 0 Å². The van der Waals surface area contributed by atoms with Crippen LogP contribution in [0.3, 0.4) is 0 Å². The normalized spacial score (nSPS) is 24.8. The Bertz CT molecular complexity index is 594. The Morgan fingerprint density at radius 1 is 1.16 bits per heavy atom. The van der Waals surface area contributed by atoms with Crippen LogP contribution in [0.2, 0.25) is 0 Å². The van der Waals surface area contributed by atoms with E-state index < -0.39 is 31.0 Å². The SMILES string of the molecule is CC1(C)OB(c2cnn(C3CCN(CC(F)(F)F)CC3)c2)OC1(C)C. The lowest BCUT2D eigenvalue weighted by Gasteiger charge is -2.32. The van der Waals surface area contributed by atoms with Crippen molar-refractivity contribution in [2.75, 3.05) is 19.6 Å². The number of likely N-dealkylation sites (tertiary alicyclic amines) is 1. The van der Waals surface area contributed by atoms with Gasteiger partial charge in [0.2, 0.25) is 0 Å². The Morgan fingerprint density at radius 3 is 2.24 bits per heavy atom. The molecule has 0 bridgehead atoms. The van der Waals surface area contributed by atoms with Crippen molar-refractivity contribution in [1.29, 1.82) is 0 Å². The van der Waals surface area contributed by atoms with Crippen LogP contribution in [0.25, 0.3) is 0 Å². The second-order valence-electron chi connectivity index (χ2n) is 7.96. The molecule has 3 rings (SSSR count). The first kappa shape index (κ1) is 18.7. The van der Waals surface area contributed by atoms with Gasteiger partial charge in [0.1, 0.15) is 0 Å². The molecule has 3 heterocycles. The van der Waals surface area contributed by atoms with Crippen LogP contribution in [0.5, 0.6) is 0 Å². The van der Waals surface area contributed by atoms with Crippen molar-refractivity contribution >= 4 is 12.6 Å². The van der Waals surface area contributed by atoms with Gasteiger partial charge in [-0.2, -0.15) is 18.3 Å². The summed E-state index contributed by atoms with van der Waals surface area (Å²) in [5, 5.41) is 4.40. The average molecular weight is 359 g/mol. The highest BCUT2D eigenvalue weighted by Gasteiger charge is 2.52. The fourth-order valence-corrected chi connectivity index (χ4v) is 3.25. The Labute approximate surface area is 146 Å². The van der Waals surface area contributed by atoms with Crippen molar-refractivity contribution in [3.05, 3.63) is 12.4 Å². The summed E-state index contributed by atoms with van der Waals surface area (Å²) in [6, 6.07) is 0.112. The molecule has 0 atom stereocenters. The van der Waals surface area contributed by atoms with Crippen LogP contribution in [0.15, 0.2) is 12.4 Å². The molecule has 1 aromatic rings. The van der Waals surface area contributed by atoms with Crippen molar-refractivity contribution in [3.63, 3.8) is 0 Å². The molecule has 0 saturated carbocycles. The van der Waals surface area contributed by atoms with E-state index in [1.54, 1.807) is 6.20 Å². The van der Waals surface area contributed by atoms with Crippen molar-refractivity contribution < 1.29 is 22.5 Å². The van der Waals surface area contributed by atoms with Gasteiger partial charge in [0.15, 0.2) is 0 Å². The summed E-state index contributed by atoms with van der Waals surface area (Å²) in [6.45, 7) is 7.99. The molecule has 9 heteroatoms. The first-order valence-electron chi connectivity index (χ1n) is 8.66. The smallest absolute Gasteiger partial charge is 0.399 e. The summed E-state index contributed by atoms with van der Waals surface area (Å²) < 4.78 is 51.3. The topological polar surface area (TPSA) is 39.5 Å². The molecule has 140 valence electrons. The lowest BCUT2D eigenvalue weighted by atomic mass is 9.82. The molecule has 0 radical (unpaired) electrons. The maximum absolute atomic E-state index is 12.5. The molecule has 0 spiro atoms. The number of nitrogens with zero attached hydrogens (tertiary/aromatic N) is 3. The van der Waals surface area contributed by atoms with E-state index in [1.807, 2.05) is 38.6 Å². The molecule has 1 aromatic heterocycles. The van der Waals surface area contributed by atoms with E-state index in [2.05, 4.69) is 5.10 Å². The fourth-order valence-electron chi connectivity index (χ4n) is 3.25. The number of hydrogen-bond donors (Lipinski definition) is 0. The Balaban J connectivity index is 1.60. The largest absolute Gasteiger partial charge is 0.498 e. The predicted molar refractivity (Wildman–Crippen MR) is 88.7 cm³/mol. The fraction of sp³-hybridized carbons (Fsp3) is 0.812. The Kier molecular flexibility index (Phi) is 4.70. The zero-order valence-electron chi connectivity index (χ0n) is 15.1. The van der Waals surface area contributed by atoms with Gasteiger partial charge in [-0.25, -0.2) is 0 Å². The molecule has 0 N–H and O–H groups in total. The monoisotopic (exact) mass is 359 g/mol. The third kappa shape index (κ3) is 4.04. The summed E-state index contributed by atoms with van der Waals surface area (Å²) in [6.07, 6.45) is 0.792. The van der Waals surface area contributed by atoms with E-state index in [0.29, 0.717) is 25.9 Å². The molecule has 0 unspecified atom stereocenters. The highest BCUT2D eigenvalue weighted by Crippen LogP contribution is 2.36. The van der Waals surface area contributed by atoms with E-state index in [0.717, 1.165) is 5.46 Å². The third-order valence-electron chi connectivity index (χ3n) is 5.48. The molecule has 25 heavy (non-hydrogen) atoms. The minimum atomic E-state index is -4.14. The van der Waals surface area contributed by atoms with Gasteiger partial charge in [-0.05, 0) is 40.5 Å². The number of rotatable bonds is 3. The van der Waals surface area contributed by atoms with Gasteiger partial charge in [-0.3, -0.25) is 9.58 Å². The average Bonchev–Trinajstić information content (AvgIpc) is 3.01. The maximum Gasteiger partial charge on any atom is 0.498 e. The van der Waals surface area contributed by atoms with Gasteiger partial charge >= 0.3 is 13.3 Å². The molecule has 2 fully saturated rings. The van der Waals surface area contributed by atoms with E-state index in [9.17, 15) is 13.2 Å². The summed E-state index contributed by atoms with van der Waals surface area (Å²) in [4.78, 5) is 1.45. The maximum atomic E-state index is 12.5. The van der Waals surface area contributed by atoms with Gasteiger partial charge in [0, 0.05) is 30.9 Å².